The van der Waals surface area contributed by atoms with Gasteiger partial charge in [0.25, 0.3) is 0 Å². The molecule has 0 N–H and O–H groups in total. The molecule has 158 valence electrons. The van der Waals surface area contributed by atoms with E-state index in [1.807, 2.05) is 54.1 Å². The van der Waals surface area contributed by atoms with Crippen LogP contribution in [0.2, 0.25) is 0 Å². The summed E-state index contributed by atoms with van der Waals surface area (Å²) in [5, 5.41) is 9.43. The summed E-state index contributed by atoms with van der Waals surface area (Å²) >= 11 is 1.62. The van der Waals surface area contributed by atoms with Gasteiger partial charge in [0.1, 0.15) is 18.2 Å². The molecule has 1 aromatic heterocycles. The lowest BCUT2D eigenvalue weighted by Crippen LogP contribution is -2.11. The van der Waals surface area contributed by atoms with Gasteiger partial charge in [-0.3, -0.25) is 0 Å². The first-order chi connectivity index (χ1) is 14.5. The molecule has 0 radical (unpaired) electrons. The Labute approximate surface area is 181 Å². The maximum atomic E-state index is 11.7. The number of benzene rings is 2. The number of thioether (sulfide) groups is 1. The molecular weight excluding hydrogens is 418 g/mol. The number of hydrogen-bond acceptors (Lipinski definition) is 6. The normalized spacial score (nSPS) is 17.8. The average Bonchev–Trinajstić information content (AvgIpc) is 3.27. The van der Waals surface area contributed by atoms with Crippen LogP contribution in [0.1, 0.15) is 23.4 Å². The smallest absolute Gasteiger partial charge is 0.191 e. The summed E-state index contributed by atoms with van der Waals surface area (Å²) in [7, 11) is -0.924. The van der Waals surface area contributed by atoms with Crippen LogP contribution >= 0.6 is 11.8 Å². The van der Waals surface area contributed by atoms with Crippen LogP contribution in [0.25, 0.3) is 0 Å². The van der Waals surface area contributed by atoms with Crippen molar-refractivity contribution in [3.8, 4) is 5.75 Å². The fourth-order valence-corrected chi connectivity index (χ4v) is 6.29. The minimum atomic E-state index is -2.87. The summed E-state index contributed by atoms with van der Waals surface area (Å²) in [6.07, 6.45) is 1.37. The minimum absolute atomic E-state index is 0.147. The molecule has 0 spiro atoms. The molecule has 2 aromatic carbocycles. The molecule has 1 aliphatic heterocycles. The summed E-state index contributed by atoms with van der Waals surface area (Å²) in [6, 6.07) is 18.2. The van der Waals surface area contributed by atoms with E-state index < -0.39 is 9.84 Å². The zero-order chi connectivity index (χ0) is 21.0. The third-order valence-electron chi connectivity index (χ3n) is 5.24. The largest absolute Gasteiger partial charge is 0.489 e. The van der Waals surface area contributed by atoms with Crippen molar-refractivity contribution in [2.45, 2.75) is 30.4 Å². The fraction of sp³-hybridized carbons (Fsp3) is 0.364. The highest BCUT2D eigenvalue weighted by atomic mass is 32.2. The molecule has 1 unspecified atom stereocenters. The van der Waals surface area contributed by atoms with E-state index in [0.29, 0.717) is 25.2 Å². The second-order valence-electron chi connectivity index (χ2n) is 7.64. The second-order valence-corrected chi connectivity index (χ2v) is 10.8. The molecule has 0 amide bonds. The lowest BCUT2D eigenvalue weighted by molar-refractivity contribution is 0.306. The Morgan fingerprint density at radius 1 is 1.10 bits per heavy atom. The predicted molar refractivity (Wildman–Crippen MR) is 118 cm³/mol. The SMILES string of the molecule is Cn1c(CC2CCS(=O)(=O)C2)nnc1SCc1cccc(OCc2ccccc2)c1. The number of hydrogen-bond donors (Lipinski definition) is 0. The highest BCUT2D eigenvalue weighted by Gasteiger charge is 2.29. The first-order valence-electron chi connectivity index (χ1n) is 9.96. The zero-order valence-electron chi connectivity index (χ0n) is 16.9. The fourth-order valence-electron chi connectivity index (χ4n) is 3.55. The van der Waals surface area contributed by atoms with Crippen molar-refractivity contribution in [1.82, 2.24) is 14.8 Å². The molecule has 8 heteroatoms. The van der Waals surface area contributed by atoms with Crippen LogP contribution in [0, 0.1) is 5.92 Å². The van der Waals surface area contributed by atoms with Crippen molar-refractivity contribution in [3.05, 3.63) is 71.5 Å². The molecule has 4 rings (SSSR count). The van der Waals surface area contributed by atoms with Gasteiger partial charge in [0.05, 0.1) is 11.5 Å². The Hall–Kier alpha value is -2.32. The second kappa shape index (κ2) is 9.22. The Kier molecular flexibility index (Phi) is 6.43. The highest BCUT2D eigenvalue weighted by Crippen LogP contribution is 2.26. The summed E-state index contributed by atoms with van der Waals surface area (Å²) in [6.45, 7) is 0.543. The Morgan fingerprint density at radius 3 is 2.67 bits per heavy atom. The van der Waals surface area contributed by atoms with Gasteiger partial charge >= 0.3 is 0 Å². The van der Waals surface area contributed by atoms with E-state index >= 15 is 0 Å². The lowest BCUT2D eigenvalue weighted by Gasteiger charge is -2.09. The van der Waals surface area contributed by atoms with Crippen LogP contribution in [0.3, 0.4) is 0 Å². The topological polar surface area (TPSA) is 74.1 Å². The molecule has 2 heterocycles. The van der Waals surface area contributed by atoms with Crippen LogP contribution in [-0.4, -0.2) is 34.7 Å². The van der Waals surface area contributed by atoms with Crippen molar-refractivity contribution in [2.24, 2.45) is 13.0 Å². The molecule has 1 fully saturated rings. The summed E-state index contributed by atoms with van der Waals surface area (Å²) in [4.78, 5) is 0. The van der Waals surface area contributed by atoms with Gasteiger partial charge in [-0.1, -0.05) is 54.2 Å². The average molecular weight is 444 g/mol. The van der Waals surface area contributed by atoms with E-state index in [9.17, 15) is 8.42 Å². The monoisotopic (exact) mass is 443 g/mol. The molecule has 1 aliphatic rings. The van der Waals surface area contributed by atoms with E-state index in [1.54, 1.807) is 11.8 Å². The molecule has 6 nitrogen and oxygen atoms in total. The van der Waals surface area contributed by atoms with E-state index in [-0.39, 0.29) is 11.7 Å². The van der Waals surface area contributed by atoms with Gasteiger partial charge in [0.2, 0.25) is 0 Å². The van der Waals surface area contributed by atoms with Crippen molar-refractivity contribution >= 4 is 21.6 Å². The third-order valence-corrected chi connectivity index (χ3v) is 8.17. The van der Waals surface area contributed by atoms with Gasteiger partial charge in [-0.25, -0.2) is 8.42 Å². The summed E-state index contributed by atoms with van der Waals surface area (Å²) < 4.78 is 31.2. The quantitative estimate of drug-likeness (QED) is 0.495. The number of aromatic nitrogens is 3. The minimum Gasteiger partial charge on any atom is -0.489 e. The van der Waals surface area contributed by atoms with Crippen LogP contribution in [0.4, 0.5) is 0 Å². The lowest BCUT2D eigenvalue weighted by atomic mass is 10.1. The van der Waals surface area contributed by atoms with Gasteiger partial charge in [-0.05, 0) is 35.6 Å². The molecule has 30 heavy (non-hydrogen) atoms. The van der Waals surface area contributed by atoms with Crippen LogP contribution in [-0.2, 0) is 35.7 Å². The Morgan fingerprint density at radius 2 is 1.90 bits per heavy atom. The molecule has 1 saturated heterocycles. The van der Waals surface area contributed by atoms with Crippen molar-refractivity contribution in [2.75, 3.05) is 11.5 Å². The Balaban J connectivity index is 1.33. The first kappa shape index (κ1) is 20.9. The van der Waals surface area contributed by atoms with E-state index in [4.69, 9.17) is 4.74 Å². The van der Waals surface area contributed by atoms with E-state index in [0.717, 1.165) is 33.6 Å². The highest BCUT2D eigenvalue weighted by molar-refractivity contribution is 7.98. The maximum absolute atomic E-state index is 11.7. The van der Waals surface area contributed by atoms with Crippen LogP contribution < -0.4 is 4.74 Å². The molecule has 0 saturated carbocycles. The number of sulfone groups is 1. The van der Waals surface area contributed by atoms with Crippen molar-refractivity contribution in [1.29, 1.82) is 0 Å². The maximum Gasteiger partial charge on any atom is 0.191 e. The molecule has 1 atom stereocenters. The molecule has 0 aliphatic carbocycles. The zero-order valence-corrected chi connectivity index (χ0v) is 18.5. The van der Waals surface area contributed by atoms with Crippen molar-refractivity contribution < 1.29 is 13.2 Å². The number of nitrogens with zero attached hydrogens (tertiary/aromatic N) is 3. The van der Waals surface area contributed by atoms with E-state index in [2.05, 4.69) is 22.3 Å². The van der Waals surface area contributed by atoms with Crippen LogP contribution in [0.15, 0.2) is 59.8 Å². The van der Waals surface area contributed by atoms with Gasteiger partial charge in [-0.15, -0.1) is 10.2 Å². The molecular formula is C22H25N3O3S2. The Bertz CT molecular complexity index is 1100. The summed E-state index contributed by atoms with van der Waals surface area (Å²) in [5.74, 6) is 3.15. The standard InChI is InChI=1S/C22H25N3O3S2/c1-25-21(13-19-10-11-30(26,27)16-19)23-24-22(25)29-15-18-8-5-9-20(12-18)28-14-17-6-3-2-4-7-17/h2-9,12,19H,10-11,13-16H2,1H3. The van der Waals surface area contributed by atoms with Gasteiger partial charge < -0.3 is 9.30 Å². The van der Waals surface area contributed by atoms with Crippen molar-refractivity contribution in [3.63, 3.8) is 0 Å². The van der Waals surface area contributed by atoms with Crippen LogP contribution in [0.5, 0.6) is 5.75 Å². The third kappa shape index (κ3) is 5.43. The predicted octanol–water partition coefficient (Wildman–Crippen LogP) is 3.66. The van der Waals surface area contributed by atoms with Gasteiger partial charge in [0.15, 0.2) is 15.0 Å². The first-order valence-corrected chi connectivity index (χ1v) is 12.8. The van der Waals surface area contributed by atoms with E-state index in [1.165, 1.54) is 0 Å². The van der Waals surface area contributed by atoms with Gasteiger partial charge in [-0.2, -0.15) is 0 Å². The number of ether oxygens (including phenoxy) is 1. The molecule has 0 bridgehead atoms. The van der Waals surface area contributed by atoms with Gasteiger partial charge in [0, 0.05) is 19.2 Å². The molecule has 3 aromatic rings. The summed E-state index contributed by atoms with van der Waals surface area (Å²) in [5.41, 5.74) is 2.29. The number of rotatable bonds is 8.